The number of carbonyl (C=O) groups excluding carboxylic acids is 3. The summed E-state index contributed by atoms with van der Waals surface area (Å²) >= 11 is 0. The zero-order valence-corrected chi connectivity index (χ0v) is 18.6. The molecule has 7 nitrogen and oxygen atoms in total. The predicted octanol–water partition coefficient (Wildman–Crippen LogP) is 2.09. The van der Waals surface area contributed by atoms with Gasteiger partial charge in [-0.1, -0.05) is 18.6 Å². The Morgan fingerprint density at radius 1 is 1.03 bits per heavy atom. The molecule has 3 unspecified atom stereocenters. The van der Waals surface area contributed by atoms with Gasteiger partial charge in [0.05, 0.1) is 0 Å². The fraction of sp³-hybridized carbons (Fsp3) is 0.640. The summed E-state index contributed by atoms with van der Waals surface area (Å²) in [5, 5.41) is 6.18. The van der Waals surface area contributed by atoms with Gasteiger partial charge in [0.15, 0.2) is 0 Å². The number of nitrogens with one attached hydrogen (secondary N) is 2. The number of hydrogen-bond donors (Lipinski definition) is 2. The van der Waals surface area contributed by atoms with Crippen molar-refractivity contribution >= 4 is 17.7 Å². The second kappa shape index (κ2) is 7.66. The molecular formula is C25H32N4O3. The van der Waals surface area contributed by atoms with Crippen molar-refractivity contribution < 1.29 is 14.4 Å². The van der Waals surface area contributed by atoms with Crippen LogP contribution in [0.4, 0.5) is 0 Å². The number of hydrogen-bond acceptors (Lipinski definition) is 5. The summed E-state index contributed by atoms with van der Waals surface area (Å²) in [5.41, 5.74) is 3.20. The third-order valence-corrected chi connectivity index (χ3v) is 8.54. The van der Waals surface area contributed by atoms with Crippen LogP contribution < -0.4 is 10.6 Å². The number of likely N-dealkylation sites (tertiary alicyclic amines) is 1. The number of nitrogens with zero attached hydrogens (tertiary/aromatic N) is 2. The minimum absolute atomic E-state index is 0.0791. The van der Waals surface area contributed by atoms with Crippen molar-refractivity contribution in [3.63, 3.8) is 0 Å². The van der Waals surface area contributed by atoms with E-state index < -0.39 is 6.04 Å². The molecule has 0 aromatic heterocycles. The van der Waals surface area contributed by atoms with E-state index in [0.29, 0.717) is 30.6 Å². The van der Waals surface area contributed by atoms with Crippen molar-refractivity contribution in [2.24, 2.45) is 0 Å². The molecule has 5 heterocycles. The lowest BCUT2D eigenvalue weighted by Gasteiger charge is -2.52. The number of imide groups is 1. The number of amides is 3. The third-order valence-electron chi connectivity index (χ3n) is 8.54. The highest BCUT2D eigenvalue weighted by atomic mass is 16.2. The lowest BCUT2D eigenvalue weighted by Crippen LogP contribution is -2.59. The smallest absolute Gasteiger partial charge is 0.255 e. The first-order valence-corrected chi connectivity index (χ1v) is 12.3. The second-order valence-corrected chi connectivity index (χ2v) is 10.5. The molecule has 1 aromatic carbocycles. The minimum atomic E-state index is -0.549. The molecular weight excluding hydrogens is 404 g/mol. The van der Waals surface area contributed by atoms with Crippen LogP contribution in [-0.2, 0) is 22.7 Å². The van der Waals surface area contributed by atoms with Crippen molar-refractivity contribution in [2.45, 2.75) is 94.5 Å². The third kappa shape index (κ3) is 3.37. The Balaban J connectivity index is 1.21. The van der Waals surface area contributed by atoms with Crippen molar-refractivity contribution in [3.05, 3.63) is 34.9 Å². The molecule has 0 radical (unpaired) electrons. The molecule has 4 fully saturated rings. The lowest BCUT2D eigenvalue weighted by atomic mass is 9.76. The molecule has 2 bridgehead atoms. The topological polar surface area (TPSA) is 81.8 Å². The van der Waals surface area contributed by atoms with Gasteiger partial charge in [0.25, 0.3) is 5.91 Å². The van der Waals surface area contributed by atoms with Crippen molar-refractivity contribution in [1.29, 1.82) is 0 Å². The molecule has 5 aliphatic heterocycles. The number of carbonyl (C=O) groups is 3. The van der Waals surface area contributed by atoms with E-state index >= 15 is 0 Å². The summed E-state index contributed by atoms with van der Waals surface area (Å²) in [6.07, 6.45) is 9.66. The molecule has 0 saturated carbocycles. The van der Waals surface area contributed by atoms with Gasteiger partial charge in [-0.15, -0.1) is 0 Å². The Hall–Kier alpha value is -2.25. The highest BCUT2D eigenvalue weighted by molar-refractivity contribution is 6.05. The van der Waals surface area contributed by atoms with Crippen LogP contribution in [-0.4, -0.2) is 57.7 Å². The molecule has 1 aromatic rings. The van der Waals surface area contributed by atoms with E-state index in [2.05, 4.69) is 33.7 Å². The average molecular weight is 437 g/mol. The highest BCUT2D eigenvalue weighted by Gasteiger charge is 2.48. The molecule has 7 heteroatoms. The van der Waals surface area contributed by atoms with Crippen molar-refractivity contribution in [3.8, 4) is 0 Å². The van der Waals surface area contributed by atoms with Gasteiger partial charge in [0.1, 0.15) is 6.04 Å². The van der Waals surface area contributed by atoms with Gasteiger partial charge in [-0.3, -0.25) is 24.6 Å². The number of rotatable bonds is 3. The summed E-state index contributed by atoms with van der Waals surface area (Å²) < 4.78 is 0. The predicted molar refractivity (Wildman–Crippen MR) is 119 cm³/mol. The van der Waals surface area contributed by atoms with E-state index in [9.17, 15) is 14.4 Å². The first-order chi connectivity index (χ1) is 15.5. The van der Waals surface area contributed by atoms with Crippen LogP contribution in [0.15, 0.2) is 18.2 Å². The van der Waals surface area contributed by atoms with E-state index in [4.69, 9.17) is 0 Å². The van der Waals surface area contributed by atoms with Gasteiger partial charge in [0.2, 0.25) is 11.8 Å². The largest absolute Gasteiger partial charge is 0.322 e. The highest BCUT2D eigenvalue weighted by Crippen LogP contribution is 2.44. The first kappa shape index (κ1) is 20.4. The minimum Gasteiger partial charge on any atom is -0.322 e. The maximum Gasteiger partial charge on any atom is 0.255 e. The number of piperidine rings is 3. The van der Waals surface area contributed by atoms with Gasteiger partial charge in [-0.25, -0.2) is 0 Å². The van der Waals surface area contributed by atoms with Gasteiger partial charge in [-0.2, -0.15) is 0 Å². The van der Waals surface area contributed by atoms with E-state index in [0.717, 1.165) is 24.2 Å². The standard InChI is InChI=1S/C25H32N4O3/c30-22-8-7-21(23(31)27-22)29-15-17-4-3-16(11-20(17)24(29)32)14-28-10-2-1-9-25(28)12-18-5-6-19(13-25)26-18/h3-4,11,18-19,21,26H,1-2,5-10,12-15H2,(H,27,30,31). The fourth-order valence-electron chi connectivity index (χ4n) is 7.01. The molecule has 6 rings (SSSR count). The summed E-state index contributed by atoms with van der Waals surface area (Å²) in [7, 11) is 0. The normalized spacial score (nSPS) is 34.8. The molecule has 5 aliphatic rings. The van der Waals surface area contributed by atoms with E-state index in [1.165, 1.54) is 50.5 Å². The molecule has 2 N–H and O–H groups in total. The summed E-state index contributed by atoms with van der Waals surface area (Å²) in [5.74, 6) is -0.678. The Bertz CT molecular complexity index is 964. The van der Waals surface area contributed by atoms with Crippen LogP contribution in [0.2, 0.25) is 0 Å². The van der Waals surface area contributed by atoms with Gasteiger partial charge >= 0.3 is 0 Å². The van der Waals surface area contributed by atoms with Crippen LogP contribution in [0.25, 0.3) is 0 Å². The maximum atomic E-state index is 13.2. The van der Waals surface area contributed by atoms with E-state index in [-0.39, 0.29) is 24.1 Å². The van der Waals surface area contributed by atoms with Crippen molar-refractivity contribution in [2.75, 3.05) is 6.54 Å². The summed E-state index contributed by atoms with van der Waals surface area (Å²) in [6, 6.07) is 7.07. The second-order valence-electron chi connectivity index (χ2n) is 10.5. The Labute approximate surface area is 188 Å². The molecule has 3 amide bonds. The van der Waals surface area contributed by atoms with Gasteiger partial charge < -0.3 is 10.2 Å². The zero-order valence-electron chi connectivity index (χ0n) is 18.6. The van der Waals surface area contributed by atoms with Crippen LogP contribution in [0.1, 0.15) is 79.3 Å². The summed E-state index contributed by atoms with van der Waals surface area (Å²) in [4.78, 5) is 41.4. The number of fused-ring (bicyclic) bond motifs is 3. The zero-order chi connectivity index (χ0) is 21.9. The van der Waals surface area contributed by atoms with Crippen LogP contribution in [0.5, 0.6) is 0 Å². The van der Waals surface area contributed by atoms with Gasteiger partial charge in [0, 0.05) is 42.7 Å². The summed E-state index contributed by atoms with van der Waals surface area (Å²) in [6.45, 7) is 2.47. The van der Waals surface area contributed by atoms with Crippen molar-refractivity contribution in [1.82, 2.24) is 20.4 Å². The quantitative estimate of drug-likeness (QED) is 0.709. The Morgan fingerprint density at radius 2 is 1.84 bits per heavy atom. The number of benzene rings is 1. The monoisotopic (exact) mass is 436 g/mol. The lowest BCUT2D eigenvalue weighted by molar-refractivity contribution is -0.136. The average Bonchev–Trinajstić information content (AvgIpc) is 3.29. The fourth-order valence-corrected chi connectivity index (χ4v) is 7.01. The molecule has 0 aliphatic carbocycles. The molecule has 32 heavy (non-hydrogen) atoms. The Kier molecular flexibility index (Phi) is 4.88. The van der Waals surface area contributed by atoms with Gasteiger partial charge in [-0.05, 0) is 68.7 Å². The molecule has 4 saturated heterocycles. The SMILES string of the molecule is O=C1CCC(N2Cc3ccc(CN4CCCCC45CC4CCC(C5)N4)cc3C2=O)C(=O)N1. The van der Waals surface area contributed by atoms with E-state index in [1.807, 2.05) is 0 Å². The Morgan fingerprint density at radius 3 is 2.62 bits per heavy atom. The molecule has 3 atom stereocenters. The van der Waals surface area contributed by atoms with Crippen LogP contribution >= 0.6 is 0 Å². The molecule has 1 spiro atoms. The van der Waals surface area contributed by atoms with Crippen LogP contribution in [0.3, 0.4) is 0 Å². The maximum absolute atomic E-state index is 13.2. The van der Waals surface area contributed by atoms with E-state index in [1.54, 1.807) is 4.90 Å². The molecule has 170 valence electrons. The first-order valence-electron chi connectivity index (χ1n) is 12.3. The van der Waals surface area contributed by atoms with Crippen LogP contribution in [0, 0.1) is 0 Å².